The van der Waals surface area contributed by atoms with Crippen LogP contribution in [-0.4, -0.2) is 21.9 Å². The molecule has 2 N–H and O–H groups in total. The maximum Gasteiger partial charge on any atom is 0.181 e. The maximum absolute atomic E-state index is 5.93. The molecule has 2 heterocycles. The van der Waals surface area contributed by atoms with Crippen LogP contribution in [0, 0.1) is 0 Å². The third-order valence-corrected chi connectivity index (χ3v) is 3.63. The maximum atomic E-state index is 5.93. The first-order valence-electron chi connectivity index (χ1n) is 6.58. The van der Waals surface area contributed by atoms with Crippen molar-refractivity contribution in [1.82, 2.24) is 14.8 Å². The molecule has 1 unspecified atom stereocenters. The zero-order chi connectivity index (χ0) is 13.4. The minimum atomic E-state index is 0.431. The molecule has 5 nitrogen and oxygen atoms in total. The number of anilines is 1. The van der Waals surface area contributed by atoms with Crippen LogP contribution in [0.2, 0.25) is 0 Å². The van der Waals surface area contributed by atoms with Gasteiger partial charge in [0.15, 0.2) is 5.82 Å². The highest BCUT2D eigenvalue weighted by Crippen LogP contribution is 2.29. The van der Waals surface area contributed by atoms with E-state index in [1.165, 1.54) is 12.8 Å². The van der Waals surface area contributed by atoms with Crippen molar-refractivity contribution in [3.8, 4) is 17.1 Å². The third-order valence-electron chi connectivity index (χ3n) is 3.63. The molecule has 3 rings (SSSR count). The zero-order valence-electron chi connectivity index (χ0n) is 11.3. The van der Waals surface area contributed by atoms with E-state index in [9.17, 15) is 0 Å². The van der Waals surface area contributed by atoms with Gasteiger partial charge >= 0.3 is 0 Å². The molecule has 1 aliphatic heterocycles. The molecule has 100 valence electrons. The standard InChI is InChI=1S/C14H18N4O/c1-9-4-3-5-13-16-14(17-18(9)13)10-6-7-12(19-2)11(15)8-10/h6-9H,3-5,15H2,1-2H3. The summed E-state index contributed by atoms with van der Waals surface area (Å²) in [6.45, 7) is 2.18. The Balaban J connectivity index is 2.01. The van der Waals surface area contributed by atoms with Gasteiger partial charge in [-0.3, -0.25) is 0 Å². The molecule has 0 bridgehead atoms. The summed E-state index contributed by atoms with van der Waals surface area (Å²) in [7, 11) is 1.61. The molecule has 0 fully saturated rings. The van der Waals surface area contributed by atoms with Crippen molar-refractivity contribution in [2.75, 3.05) is 12.8 Å². The predicted molar refractivity (Wildman–Crippen MR) is 74.1 cm³/mol. The van der Waals surface area contributed by atoms with Gasteiger partial charge in [0, 0.05) is 12.0 Å². The molecule has 19 heavy (non-hydrogen) atoms. The van der Waals surface area contributed by atoms with Crippen LogP contribution in [-0.2, 0) is 6.42 Å². The van der Waals surface area contributed by atoms with Crippen LogP contribution in [0.1, 0.15) is 31.6 Å². The number of nitrogen functional groups attached to an aromatic ring is 1. The molecule has 2 aromatic rings. The summed E-state index contributed by atoms with van der Waals surface area (Å²) in [4.78, 5) is 4.62. The number of nitrogens with zero attached hydrogens (tertiary/aromatic N) is 3. The van der Waals surface area contributed by atoms with Gasteiger partial charge in [0.25, 0.3) is 0 Å². The van der Waals surface area contributed by atoms with Crippen LogP contribution >= 0.6 is 0 Å². The number of ether oxygens (including phenoxy) is 1. The van der Waals surface area contributed by atoms with E-state index in [1.807, 2.05) is 22.9 Å². The van der Waals surface area contributed by atoms with E-state index in [2.05, 4.69) is 17.0 Å². The van der Waals surface area contributed by atoms with Crippen LogP contribution in [0.15, 0.2) is 18.2 Å². The van der Waals surface area contributed by atoms with Gasteiger partial charge in [0.2, 0.25) is 0 Å². The van der Waals surface area contributed by atoms with Gasteiger partial charge in [0.1, 0.15) is 11.6 Å². The number of aromatic nitrogens is 3. The van der Waals surface area contributed by atoms with E-state index in [-0.39, 0.29) is 0 Å². The summed E-state index contributed by atoms with van der Waals surface area (Å²) >= 11 is 0. The number of nitrogens with two attached hydrogens (primary N) is 1. The molecule has 0 radical (unpaired) electrons. The van der Waals surface area contributed by atoms with Gasteiger partial charge in [-0.2, -0.15) is 5.10 Å². The fourth-order valence-corrected chi connectivity index (χ4v) is 2.55. The summed E-state index contributed by atoms with van der Waals surface area (Å²) in [5.41, 5.74) is 7.48. The summed E-state index contributed by atoms with van der Waals surface area (Å²) in [6.07, 6.45) is 3.35. The van der Waals surface area contributed by atoms with Crippen LogP contribution in [0.3, 0.4) is 0 Å². The third kappa shape index (κ3) is 2.05. The van der Waals surface area contributed by atoms with Crippen molar-refractivity contribution in [2.45, 2.75) is 32.2 Å². The Hall–Kier alpha value is -2.04. The zero-order valence-corrected chi connectivity index (χ0v) is 11.3. The number of fused-ring (bicyclic) bond motifs is 1. The first-order valence-corrected chi connectivity index (χ1v) is 6.58. The molecule has 1 aliphatic rings. The van der Waals surface area contributed by atoms with Gasteiger partial charge in [0.05, 0.1) is 18.8 Å². The highest BCUT2D eigenvalue weighted by molar-refractivity contribution is 5.66. The van der Waals surface area contributed by atoms with Crippen LogP contribution in [0.5, 0.6) is 5.75 Å². The minimum absolute atomic E-state index is 0.431. The average molecular weight is 258 g/mol. The van der Waals surface area contributed by atoms with E-state index in [4.69, 9.17) is 10.5 Å². The number of hydrogen-bond acceptors (Lipinski definition) is 4. The van der Waals surface area contributed by atoms with Crippen molar-refractivity contribution < 1.29 is 4.74 Å². The second kappa shape index (κ2) is 4.57. The lowest BCUT2D eigenvalue weighted by atomic mass is 10.1. The summed E-state index contributed by atoms with van der Waals surface area (Å²) in [6, 6.07) is 6.10. The largest absolute Gasteiger partial charge is 0.495 e. The second-order valence-corrected chi connectivity index (χ2v) is 4.99. The number of hydrogen-bond donors (Lipinski definition) is 1. The Morgan fingerprint density at radius 3 is 2.95 bits per heavy atom. The highest BCUT2D eigenvalue weighted by Gasteiger charge is 2.20. The van der Waals surface area contributed by atoms with E-state index in [0.29, 0.717) is 17.5 Å². The summed E-state index contributed by atoms with van der Waals surface area (Å²) < 4.78 is 7.20. The molecular formula is C14H18N4O. The summed E-state index contributed by atoms with van der Waals surface area (Å²) in [5, 5.41) is 4.61. The van der Waals surface area contributed by atoms with Crippen molar-refractivity contribution >= 4 is 5.69 Å². The molecule has 1 aromatic carbocycles. The Kier molecular flexibility index (Phi) is 2.89. The number of benzene rings is 1. The number of rotatable bonds is 2. The molecule has 5 heteroatoms. The lowest BCUT2D eigenvalue weighted by Gasteiger charge is -2.18. The first kappa shape index (κ1) is 12.0. The predicted octanol–water partition coefficient (Wildman–Crippen LogP) is 2.43. The van der Waals surface area contributed by atoms with Crippen molar-refractivity contribution in [3.63, 3.8) is 0 Å². The van der Waals surface area contributed by atoms with E-state index in [1.54, 1.807) is 7.11 Å². The normalized spacial score (nSPS) is 18.1. The first-order chi connectivity index (χ1) is 9.19. The number of aryl methyl sites for hydroxylation is 1. The lowest BCUT2D eigenvalue weighted by Crippen LogP contribution is -2.16. The SMILES string of the molecule is COc1ccc(-c2nc3n(n2)C(C)CCC3)cc1N. The molecule has 1 aromatic heterocycles. The van der Waals surface area contributed by atoms with Gasteiger partial charge in [-0.25, -0.2) is 9.67 Å². The van der Waals surface area contributed by atoms with E-state index < -0.39 is 0 Å². The average Bonchev–Trinajstić information content (AvgIpc) is 2.84. The van der Waals surface area contributed by atoms with Crippen molar-refractivity contribution in [3.05, 3.63) is 24.0 Å². The molecule has 0 spiro atoms. The molecule has 0 saturated heterocycles. The molecule has 1 atom stereocenters. The summed E-state index contributed by atoms with van der Waals surface area (Å²) in [5.74, 6) is 2.50. The monoisotopic (exact) mass is 258 g/mol. The Morgan fingerprint density at radius 2 is 2.26 bits per heavy atom. The van der Waals surface area contributed by atoms with Crippen molar-refractivity contribution in [2.24, 2.45) is 0 Å². The highest BCUT2D eigenvalue weighted by atomic mass is 16.5. The van der Waals surface area contributed by atoms with E-state index >= 15 is 0 Å². The topological polar surface area (TPSA) is 66.0 Å². The molecule has 0 aliphatic carbocycles. The second-order valence-electron chi connectivity index (χ2n) is 4.99. The fraction of sp³-hybridized carbons (Fsp3) is 0.429. The number of methoxy groups -OCH3 is 1. The Bertz CT molecular complexity index is 605. The molecule has 0 amide bonds. The van der Waals surface area contributed by atoms with Crippen LogP contribution in [0.25, 0.3) is 11.4 Å². The van der Waals surface area contributed by atoms with Gasteiger partial charge < -0.3 is 10.5 Å². The Labute approximate surface area is 112 Å². The van der Waals surface area contributed by atoms with Gasteiger partial charge in [-0.15, -0.1) is 0 Å². The smallest absolute Gasteiger partial charge is 0.181 e. The fourth-order valence-electron chi connectivity index (χ4n) is 2.55. The molecule has 0 saturated carbocycles. The molecular weight excluding hydrogens is 240 g/mol. The van der Waals surface area contributed by atoms with Gasteiger partial charge in [-0.05, 0) is 38.0 Å². The minimum Gasteiger partial charge on any atom is -0.495 e. The van der Waals surface area contributed by atoms with E-state index in [0.717, 1.165) is 23.6 Å². The van der Waals surface area contributed by atoms with Crippen LogP contribution < -0.4 is 10.5 Å². The lowest BCUT2D eigenvalue weighted by molar-refractivity contribution is 0.389. The van der Waals surface area contributed by atoms with Crippen LogP contribution in [0.4, 0.5) is 5.69 Å². The Morgan fingerprint density at radius 1 is 1.42 bits per heavy atom. The van der Waals surface area contributed by atoms with Gasteiger partial charge in [-0.1, -0.05) is 0 Å². The van der Waals surface area contributed by atoms with Crippen molar-refractivity contribution in [1.29, 1.82) is 0 Å². The quantitative estimate of drug-likeness (QED) is 0.840.